The monoisotopic (exact) mass is 384 g/mol. The minimum Gasteiger partial charge on any atom is -0.371 e. The summed E-state index contributed by atoms with van der Waals surface area (Å²) in [7, 11) is 0. The number of hydrogen-bond donors (Lipinski definition) is 1. The normalized spacial score (nSPS) is 22.8. The quantitative estimate of drug-likeness (QED) is 0.661. The molecular weight excluding hydrogens is 360 g/mol. The number of carbonyl (C=O) groups is 1. The second-order valence-electron chi connectivity index (χ2n) is 8.00. The number of rotatable bonds is 6. The van der Waals surface area contributed by atoms with Gasteiger partial charge in [-0.25, -0.2) is 0 Å². The van der Waals surface area contributed by atoms with Crippen LogP contribution in [-0.2, 0) is 4.79 Å². The van der Waals surface area contributed by atoms with Crippen molar-refractivity contribution in [1.82, 2.24) is 15.3 Å². The van der Waals surface area contributed by atoms with Crippen LogP contribution < -0.4 is 10.2 Å². The summed E-state index contributed by atoms with van der Waals surface area (Å²) < 4.78 is 0. The summed E-state index contributed by atoms with van der Waals surface area (Å²) in [6.07, 6.45) is 11.7. The number of amides is 1. The zero-order valence-corrected chi connectivity index (χ0v) is 16.2. The highest BCUT2D eigenvalue weighted by atomic mass is 16.1. The fourth-order valence-corrected chi connectivity index (χ4v) is 4.62. The number of anilines is 1. The first-order valence-corrected chi connectivity index (χ1v) is 10.2. The predicted octanol–water partition coefficient (Wildman–Crippen LogP) is 3.53. The van der Waals surface area contributed by atoms with Crippen LogP contribution in [0.5, 0.6) is 0 Å². The second-order valence-corrected chi connectivity index (χ2v) is 8.00. The molecule has 3 aromatic rings. The number of nitrogens with zero attached hydrogens (tertiary/aromatic N) is 3. The van der Waals surface area contributed by atoms with Crippen LogP contribution in [-0.4, -0.2) is 35.5 Å². The Morgan fingerprint density at radius 2 is 1.93 bits per heavy atom. The van der Waals surface area contributed by atoms with Crippen molar-refractivity contribution in [2.45, 2.75) is 6.42 Å². The molecule has 1 amide bonds. The zero-order chi connectivity index (χ0) is 19.6. The molecule has 1 N–H and O–H groups in total. The number of fused-ring (bicyclic) bond motifs is 2. The molecule has 1 aliphatic carbocycles. The molecule has 0 spiro atoms. The predicted molar refractivity (Wildman–Crippen MR) is 115 cm³/mol. The van der Waals surface area contributed by atoms with E-state index in [1.807, 2.05) is 24.5 Å². The molecule has 5 nitrogen and oxygen atoms in total. The van der Waals surface area contributed by atoms with Crippen molar-refractivity contribution in [3.05, 3.63) is 72.8 Å². The van der Waals surface area contributed by atoms with Crippen molar-refractivity contribution in [1.29, 1.82) is 0 Å². The standard InChI is InChI=1S/C24H24N4O/c29-24(6-3-17-2-1-9-25-13-17)27-11-8-21-22-15-28(16-23(21)22)20-5-4-19-14-26-10-7-18(19)12-20/h1-7,9-10,12-14,21-23H,8,11,15-16H2,(H,27,29)/b6-3+. The first-order valence-electron chi connectivity index (χ1n) is 10.2. The fraction of sp³-hybridized carbons (Fsp3) is 0.292. The van der Waals surface area contributed by atoms with Crippen molar-refractivity contribution in [3.8, 4) is 0 Å². The van der Waals surface area contributed by atoms with Crippen LogP contribution in [0.15, 0.2) is 67.3 Å². The number of aromatic nitrogens is 2. The van der Waals surface area contributed by atoms with Gasteiger partial charge in [0.2, 0.25) is 5.91 Å². The lowest BCUT2D eigenvalue weighted by Gasteiger charge is -2.22. The summed E-state index contributed by atoms with van der Waals surface area (Å²) in [6.45, 7) is 3.00. The molecular formula is C24H24N4O. The maximum absolute atomic E-state index is 12.0. The summed E-state index contributed by atoms with van der Waals surface area (Å²) in [5.41, 5.74) is 2.24. The molecule has 146 valence electrons. The van der Waals surface area contributed by atoms with Gasteiger partial charge in [-0.2, -0.15) is 0 Å². The number of pyridine rings is 2. The third kappa shape index (κ3) is 3.86. The van der Waals surface area contributed by atoms with Crippen LogP contribution in [0.25, 0.3) is 16.8 Å². The van der Waals surface area contributed by atoms with E-state index >= 15 is 0 Å². The van der Waals surface area contributed by atoms with Gasteiger partial charge in [-0.1, -0.05) is 12.1 Å². The molecule has 5 rings (SSSR count). The highest BCUT2D eigenvalue weighted by Crippen LogP contribution is 2.54. The van der Waals surface area contributed by atoms with Crippen LogP contribution >= 0.6 is 0 Å². The fourth-order valence-electron chi connectivity index (χ4n) is 4.62. The molecule has 0 radical (unpaired) electrons. The number of benzene rings is 1. The molecule has 1 saturated heterocycles. The Hall–Kier alpha value is -3.21. The maximum atomic E-state index is 12.0. The van der Waals surface area contributed by atoms with Gasteiger partial charge in [0.15, 0.2) is 0 Å². The first kappa shape index (κ1) is 17.9. The topological polar surface area (TPSA) is 58.1 Å². The van der Waals surface area contributed by atoms with Gasteiger partial charge in [-0.05, 0) is 65.5 Å². The van der Waals surface area contributed by atoms with E-state index in [9.17, 15) is 4.79 Å². The van der Waals surface area contributed by atoms with E-state index in [-0.39, 0.29) is 5.91 Å². The summed E-state index contributed by atoms with van der Waals surface area (Å²) in [6, 6.07) is 12.5. The summed E-state index contributed by atoms with van der Waals surface area (Å²) in [4.78, 5) is 22.7. The molecule has 2 aromatic heterocycles. The van der Waals surface area contributed by atoms with Crippen LogP contribution in [0.1, 0.15) is 12.0 Å². The second kappa shape index (κ2) is 7.66. The van der Waals surface area contributed by atoms with Gasteiger partial charge >= 0.3 is 0 Å². The number of hydrogen-bond acceptors (Lipinski definition) is 4. The highest BCUT2D eigenvalue weighted by Gasteiger charge is 2.54. The average molecular weight is 384 g/mol. The molecule has 29 heavy (non-hydrogen) atoms. The lowest BCUT2D eigenvalue weighted by Crippen LogP contribution is -2.26. The maximum Gasteiger partial charge on any atom is 0.244 e. The molecule has 0 bridgehead atoms. The largest absolute Gasteiger partial charge is 0.371 e. The van der Waals surface area contributed by atoms with Crippen molar-refractivity contribution in [3.63, 3.8) is 0 Å². The van der Waals surface area contributed by atoms with Gasteiger partial charge in [0.1, 0.15) is 0 Å². The molecule has 1 aromatic carbocycles. The Morgan fingerprint density at radius 3 is 2.76 bits per heavy atom. The highest BCUT2D eigenvalue weighted by molar-refractivity contribution is 5.91. The van der Waals surface area contributed by atoms with E-state index in [1.165, 1.54) is 16.5 Å². The summed E-state index contributed by atoms with van der Waals surface area (Å²) in [5.74, 6) is 2.25. The van der Waals surface area contributed by atoms with Gasteiger partial charge in [0.05, 0.1) is 0 Å². The van der Waals surface area contributed by atoms with Gasteiger partial charge in [-0.15, -0.1) is 0 Å². The van der Waals surface area contributed by atoms with E-state index in [2.05, 4.69) is 44.5 Å². The molecule has 2 fully saturated rings. The Kier molecular flexibility index (Phi) is 4.72. The molecule has 1 aliphatic heterocycles. The Balaban J connectivity index is 1.08. The third-order valence-corrected chi connectivity index (χ3v) is 6.25. The van der Waals surface area contributed by atoms with Crippen molar-refractivity contribution < 1.29 is 4.79 Å². The van der Waals surface area contributed by atoms with Crippen LogP contribution in [0.2, 0.25) is 0 Å². The Bertz CT molecular complexity index is 1040. The SMILES string of the molecule is O=C(/C=C/c1cccnc1)NCCC1C2CN(c3ccc4cnccc4c3)CC12. The van der Waals surface area contributed by atoms with Gasteiger partial charge in [0.25, 0.3) is 0 Å². The minimum atomic E-state index is -0.0352. The van der Waals surface area contributed by atoms with Crippen LogP contribution in [0, 0.1) is 17.8 Å². The summed E-state index contributed by atoms with van der Waals surface area (Å²) in [5, 5.41) is 5.44. The molecule has 2 unspecified atom stereocenters. The van der Waals surface area contributed by atoms with E-state index in [1.54, 1.807) is 24.5 Å². The molecule has 5 heteroatoms. The molecule has 2 aliphatic rings. The van der Waals surface area contributed by atoms with Gasteiger partial charge in [0, 0.05) is 61.6 Å². The smallest absolute Gasteiger partial charge is 0.244 e. The van der Waals surface area contributed by atoms with E-state index in [0.717, 1.165) is 49.4 Å². The minimum absolute atomic E-state index is 0.0352. The van der Waals surface area contributed by atoms with Gasteiger partial charge in [-0.3, -0.25) is 14.8 Å². The zero-order valence-electron chi connectivity index (χ0n) is 16.2. The van der Waals surface area contributed by atoms with Crippen molar-refractivity contribution in [2.24, 2.45) is 17.8 Å². The number of nitrogens with one attached hydrogen (secondary N) is 1. The Morgan fingerprint density at radius 1 is 1.07 bits per heavy atom. The average Bonchev–Trinajstić information content (AvgIpc) is 3.20. The Labute approximate surface area is 170 Å². The molecule has 1 saturated carbocycles. The summed E-state index contributed by atoms with van der Waals surface area (Å²) >= 11 is 0. The van der Waals surface area contributed by atoms with E-state index in [4.69, 9.17) is 0 Å². The number of piperidine rings is 1. The van der Waals surface area contributed by atoms with Gasteiger partial charge < -0.3 is 10.2 Å². The third-order valence-electron chi connectivity index (χ3n) is 6.25. The van der Waals surface area contributed by atoms with Crippen LogP contribution in [0.4, 0.5) is 5.69 Å². The van der Waals surface area contributed by atoms with Crippen molar-refractivity contribution in [2.75, 3.05) is 24.5 Å². The lowest BCUT2D eigenvalue weighted by molar-refractivity contribution is -0.116. The number of carbonyl (C=O) groups excluding carboxylic acids is 1. The van der Waals surface area contributed by atoms with E-state index in [0.29, 0.717) is 0 Å². The first-order chi connectivity index (χ1) is 14.3. The molecule has 3 heterocycles. The van der Waals surface area contributed by atoms with Crippen molar-refractivity contribution >= 4 is 28.4 Å². The lowest BCUT2D eigenvalue weighted by atomic mass is 10.1. The molecule has 2 atom stereocenters. The van der Waals surface area contributed by atoms with E-state index < -0.39 is 0 Å². The van der Waals surface area contributed by atoms with Crippen LogP contribution in [0.3, 0.4) is 0 Å².